The molecule has 140 valence electrons. The van der Waals surface area contributed by atoms with Crippen LogP contribution >= 0.6 is 11.6 Å². The lowest BCUT2D eigenvalue weighted by molar-refractivity contribution is 0.0943. The zero-order valence-electron chi connectivity index (χ0n) is 14.9. The van der Waals surface area contributed by atoms with Crippen LogP contribution < -0.4 is 5.32 Å². The normalized spacial score (nSPS) is 16.2. The highest BCUT2D eigenvalue weighted by Crippen LogP contribution is 2.25. The molecule has 7 heteroatoms. The van der Waals surface area contributed by atoms with Crippen LogP contribution in [-0.4, -0.2) is 38.3 Å². The number of rotatable bonds is 7. The molecule has 1 saturated carbocycles. The molecule has 0 unspecified atom stereocenters. The molecule has 0 spiro atoms. The van der Waals surface area contributed by atoms with Crippen molar-refractivity contribution in [2.45, 2.75) is 50.8 Å². The Kier molecular flexibility index (Phi) is 7.28. The van der Waals surface area contributed by atoms with Crippen molar-refractivity contribution in [2.75, 3.05) is 19.6 Å². The highest BCUT2D eigenvalue weighted by Gasteiger charge is 2.24. The van der Waals surface area contributed by atoms with Gasteiger partial charge < -0.3 is 5.32 Å². The van der Waals surface area contributed by atoms with Gasteiger partial charge in [0.25, 0.3) is 5.91 Å². The van der Waals surface area contributed by atoms with Gasteiger partial charge in [0.05, 0.1) is 15.5 Å². The second-order valence-corrected chi connectivity index (χ2v) is 8.79. The highest BCUT2D eigenvalue weighted by molar-refractivity contribution is 7.89. The highest BCUT2D eigenvalue weighted by atomic mass is 35.5. The molecule has 1 fully saturated rings. The number of hydrogen-bond acceptors (Lipinski definition) is 3. The SMILES string of the molecule is CCN(CC)S(=O)(=O)c1ccc(Cl)c(C(=O)NCC2CCCCC2)c1. The van der Waals surface area contributed by atoms with Gasteiger partial charge in [-0.05, 0) is 37.0 Å². The van der Waals surface area contributed by atoms with Crippen molar-refractivity contribution in [1.29, 1.82) is 0 Å². The van der Waals surface area contributed by atoms with Gasteiger partial charge in [0.15, 0.2) is 0 Å². The van der Waals surface area contributed by atoms with E-state index in [9.17, 15) is 13.2 Å². The van der Waals surface area contributed by atoms with Gasteiger partial charge in [-0.25, -0.2) is 8.42 Å². The molecule has 5 nitrogen and oxygen atoms in total. The summed E-state index contributed by atoms with van der Waals surface area (Å²) in [7, 11) is -3.61. The van der Waals surface area contributed by atoms with Crippen molar-refractivity contribution in [1.82, 2.24) is 9.62 Å². The smallest absolute Gasteiger partial charge is 0.252 e. The first-order valence-corrected chi connectivity index (χ1v) is 10.8. The monoisotopic (exact) mass is 386 g/mol. The summed E-state index contributed by atoms with van der Waals surface area (Å²) in [4.78, 5) is 12.6. The molecule has 2 rings (SSSR count). The summed E-state index contributed by atoms with van der Waals surface area (Å²) in [6.07, 6.45) is 5.94. The third-order valence-electron chi connectivity index (χ3n) is 4.80. The van der Waals surface area contributed by atoms with Gasteiger partial charge in [0.2, 0.25) is 10.0 Å². The average Bonchev–Trinajstić information content (AvgIpc) is 2.61. The number of sulfonamides is 1. The van der Waals surface area contributed by atoms with E-state index in [1.807, 2.05) is 0 Å². The number of nitrogens with one attached hydrogen (secondary N) is 1. The molecule has 0 saturated heterocycles. The summed E-state index contributed by atoms with van der Waals surface area (Å²) < 4.78 is 26.6. The van der Waals surface area contributed by atoms with Crippen LogP contribution in [0.2, 0.25) is 5.02 Å². The van der Waals surface area contributed by atoms with Gasteiger partial charge in [-0.1, -0.05) is 44.7 Å². The van der Waals surface area contributed by atoms with Crippen molar-refractivity contribution in [3.8, 4) is 0 Å². The van der Waals surface area contributed by atoms with E-state index in [-0.39, 0.29) is 21.4 Å². The molecule has 1 aliphatic rings. The van der Waals surface area contributed by atoms with Gasteiger partial charge >= 0.3 is 0 Å². The maximum atomic E-state index is 12.6. The van der Waals surface area contributed by atoms with Crippen LogP contribution in [0.1, 0.15) is 56.3 Å². The Labute approximate surface area is 155 Å². The number of nitrogens with zero attached hydrogens (tertiary/aromatic N) is 1. The van der Waals surface area contributed by atoms with E-state index in [1.54, 1.807) is 13.8 Å². The summed E-state index contributed by atoms with van der Waals surface area (Å²) in [6, 6.07) is 4.31. The summed E-state index contributed by atoms with van der Waals surface area (Å²) in [5.74, 6) is 0.186. The molecule has 1 aromatic rings. The lowest BCUT2D eigenvalue weighted by atomic mass is 9.89. The third kappa shape index (κ3) is 4.96. The Hall–Kier alpha value is -1.11. The van der Waals surface area contributed by atoms with Crippen LogP contribution in [-0.2, 0) is 10.0 Å². The number of carbonyl (C=O) groups excluding carboxylic acids is 1. The van der Waals surface area contributed by atoms with Crippen molar-refractivity contribution in [3.05, 3.63) is 28.8 Å². The largest absolute Gasteiger partial charge is 0.352 e. The van der Waals surface area contributed by atoms with E-state index >= 15 is 0 Å². The van der Waals surface area contributed by atoms with Gasteiger partial charge in [-0.15, -0.1) is 0 Å². The molecule has 1 aliphatic carbocycles. The Bertz CT molecular complexity index is 696. The van der Waals surface area contributed by atoms with Crippen molar-refractivity contribution < 1.29 is 13.2 Å². The summed E-state index contributed by atoms with van der Waals surface area (Å²) in [6.45, 7) is 4.95. The standard InChI is InChI=1S/C18H27ClN2O3S/c1-3-21(4-2)25(23,24)15-10-11-17(19)16(12-15)18(22)20-13-14-8-6-5-7-9-14/h10-12,14H,3-9,13H2,1-2H3,(H,20,22). The molecule has 1 aromatic carbocycles. The van der Waals surface area contributed by atoms with Gasteiger partial charge in [0, 0.05) is 19.6 Å². The molecule has 0 aliphatic heterocycles. The predicted molar refractivity (Wildman–Crippen MR) is 100 cm³/mol. The van der Waals surface area contributed by atoms with Gasteiger partial charge in [-0.3, -0.25) is 4.79 Å². The maximum Gasteiger partial charge on any atom is 0.252 e. The lowest BCUT2D eigenvalue weighted by Crippen LogP contribution is -2.32. The molecule has 1 amide bonds. The molecular formula is C18H27ClN2O3S. The van der Waals surface area contributed by atoms with Crippen LogP contribution in [0.3, 0.4) is 0 Å². The van der Waals surface area contributed by atoms with Gasteiger partial charge in [0.1, 0.15) is 0 Å². The molecule has 0 aromatic heterocycles. The number of hydrogen-bond donors (Lipinski definition) is 1. The molecule has 25 heavy (non-hydrogen) atoms. The van der Waals surface area contributed by atoms with Crippen LogP contribution in [0.5, 0.6) is 0 Å². The van der Waals surface area contributed by atoms with Crippen molar-refractivity contribution >= 4 is 27.5 Å². The number of benzene rings is 1. The molecule has 1 N–H and O–H groups in total. The van der Waals surface area contributed by atoms with Crippen LogP contribution in [0, 0.1) is 5.92 Å². The van der Waals surface area contributed by atoms with Crippen LogP contribution in [0.15, 0.2) is 23.1 Å². The first kappa shape index (κ1) is 20.2. The minimum atomic E-state index is -3.61. The molecule has 0 atom stereocenters. The Balaban J connectivity index is 2.16. The van der Waals surface area contributed by atoms with E-state index in [1.165, 1.54) is 41.8 Å². The summed E-state index contributed by atoms with van der Waals surface area (Å²) in [5.41, 5.74) is 0.214. The van der Waals surface area contributed by atoms with E-state index in [0.717, 1.165) is 12.8 Å². The lowest BCUT2D eigenvalue weighted by Gasteiger charge is -2.22. The fourth-order valence-electron chi connectivity index (χ4n) is 3.27. The second-order valence-electron chi connectivity index (χ2n) is 6.45. The quantitative estimate of drug-likeness (QED) is 0.777. The fourth-order valence-corrected chi connectivity index (χ4v) is 4.96. The molecular weight excluding hydrogens is 360 g/mol. The van der Waals surface area contributed by atoms with E-state index in [2.05, 4.69) is 5.32 Å². The Morgan fingerprint density at radius 2 is 1.84 bits per heavy atom. The topological polar surface area (TPSA) is 66.5 Å². The van der Waals surface area contributed by atoms with E-state index in [4.69, 9.17) is 11.6 Å². The van der Waals surface area contributed by atoms with Gasteiger partial charge in [-0.2, -0.15) is 4.31 Å². The summed E-state index contributed by atoms with van der Waals surface area (Å²) in [5, 5.41) is 3.18. The first-order chi connectivity index (χ1) is 11.9. The van der Waals surface area contributed by atoms with Crippen molar-refractivity contribution in [2.24, 2.45) is 5.92 Å². The molecule has 0 radical (unpaired) electrons. The average molecular weight is 387 g/mol. The second kappa shape index (κ2) is 9.01. The number of halogens is 1. The predicted octanol–water partition coefficient (Wildman–Crippen LogP) is 3.68. The Morgan fingerprint density at radius 1 is 1.20 bits per heavy atom. The molecule has 0 heterocycles. The number of amides is 1. The minimum Gasteiger partial charge on any atom is -0.352 e. The van der Waals surface area contributed by atoms with Crippen molar-refractivity contribution in [3.63, 3.8) is 0 Å². The fraction of sp³-hybridized carbons (Fsp3) is 0.611. The maximum absolute atomic E-state index is 12.6. The van der Waals surface area contributed by atoms with Crippen LogP contribution in [0.25, 0.3) is 0 Å². The van der Waals surface area contributed by atoms with E-state index < -0.39 is 10.0 Å². The minimum absolute atomic E-state index is 0.100. The zero-order valence-corrected chi connectivity index (χ0v) is 16.5. The zero-order chi connectivity index (χ0) is 18.4. The number of carbonyl (C=O) groups is 1. The Morgan fingerprint density at radius 3 is 2.44 bits per heavy atom. The summed E-state index contributed by atoms with van der Waals surface area (Å²) >= 11 is 6.14. The first-order valence-electron chi connectivity index (χ1n) is 8.98. The van der Waals surface area contributed by atoms with Crippen LogP contribution in [0.4, 0.5) is 0 Å². The molecule has 0 bridgehead atoms. The van der Waals surface area contributed by atoms with E-state index in [0.29, 0.717) is 25.6 Å². The third-order valence-corrected chi connectivity index (χ3v) is 7.18.